The maximum atomic E-state index is 14.0. The van der Waals surface area contributed by atoms with E-state index in [9.17, 15) is 18.3 Å². The first kappa shape index (κ1) is 24.7. The summed E-state index contributed by atoms with van der Waals surface area (Å²) >= 11 is 0. The van der Waals surface area contributed by atoms with Crippen molar-refractivity contribution < 1.29 is 46.2 Å². The van der Waals surface area contributed by atoms with Crippen LogP contribution in [0.1, 0.15) is 21.5 Å². The van der Waals surface area contributed by atoms with Crippen LogP contribution in [-0.4, -0.2) is 53.3 Å². The zero-order valence-corrected chi connectivity index (χ0v) is 21.2. The number of aliphatic hydroxyl groups is 1. The van der Waals surface area contributed by atoms with Crippen molar-refractivity contribution in [3.8, 4) is 34.5 Å². The number of carbonyl (C=O) groups excluding carboxylic acids is 1. The second-order valence-electron chi connectivity index (χ2n) is 8.57. The van der Waals surface area contributed by atoms with E-state index in [0.717, 1.165) is 5.56 Å². The fraction of sp³-hybridized carbons (Fsp3) is 0.269. The Morgan fingerprint density at radius 2 is 1.59 bits per heavy atom. The lowest BCUT2D eigenvalue weighted by Gasteiger charge is -2.43. The van der Waals surface area contributed by atoms with E-state index in [1.165, 1.54) is 57.7 Å². The number of rotatable bonds is 6. The molecule has 0 saturated heterocycles. The molecule has 2 atom stereocenters. The number of fused-ring (bicyclic) bond motifs is 4. The molecule has 0 saturated carbocycles. The number of hydrogen-bond acceptors (Lipinski definition) is 10. The van der Waals surface area contributed by atoms with Crippen LogP contribution >= 0.6 is 0 Å². The van der Waals surface area contributed by atoms with E-state index in [1.807, 2.05) is 6.92 Å². The van der Waals surface area contributed by atoms with Crippen molar-refractivity contribution in [3.63, 3.8) is 0 Å². The number of Topliss-reactive ketones (excluding diaryl/α,β-unsaturated/α-hetero) is 1. The molecule has 11 heteroatoms. The Balaban J connectivity index is 1.65. The third-order valence-corrected chi connectivity index (χ3v) is 7.63. The second-order valence-corrected chi connectivity index (χ2v) is 10.1. The molecule has 2 aliphatic heterocycles. The molecule has 0 aromatic heterocycles. The molecule has 0 bridgehead atoms. The van der Waals surface area contributed by atoms with Crippen molar-refractivity contribution in [2.45, 2.75) is 23.5 Å². The van der Waals surface area contributed by atoms with Gasteiger partial charge >= 0.3 is 10.1 Å². The fourth-order valence-electron chi connectivity index (χ4n) is 4.41. The van der Waals surface area contributed by atoms with E-state index in [-0.39, 0.29) is 51.4 Å². The Labute approximate surface area is 213 Å². The molecular formula is C26H24O10S. The lowest BCUT2D eigenvalue weighted by Crippen LogP contribution is -2.57. The first-order chi connectivity index (χ1) is 17.6. The minimum absolute atomic E-state index is 0.0133. The van der Waals surface area contributed by atoms with Crippen LogP contribution in [0.25, 0.3) is 0 Å². The molecule has 3 aromatic carbocycles. The van der Waals surface area contributed by atoms with Gasteiger partial charge in [-0.05, 0) is 25.1 Å². The van der Waals surface area contributed by atoms with Crippen LogP contribution in [0.5, 0.6) is 34.5 Å². The summed E-state index contributed by atoms with van der Waals surface area (Å²) in [4.78, 5) is 13.9. The van der Waals surface area contributed by atoms with Gasteiger partial charge in [0.2, 0.25) is 5.78 Å². The van der Waals surface area contributed by atoms with E-state index in [0.29, 0.717) is 5.75 Å². The molecule has 1 N–H and O–H groups in total. The SMILES string of the molecule is COc1cc2c(c(OS(=O)(=O)c3ccc(C)cc3)c1)C(=O)[C@@]1(O)c3cc(OC)c(OC)cc3OC[C@H]1O2. The molecular weight excluding hydrogens is 504 g/mol. The van der Waals surface area contributed by atoms with Crippen molar-refractivity contribution in [1.82, 2.24) is 0 Å². The van der Waals surface area contributed by atoms with Gasteiger partial charge in [0, 0.05) is 23.8 Å². The Kier molecular flexibility index (Phi) is 5.92. The fourth-order valence-corrected chi connectivity index (χ4v) is 5.34. The highest BCUT2D eigenvalue weighted by molar-refractivity contribution is 7.87. The summed E-state index contributed by atoms with van der Waals surface area (Å²) in [5.41, 5.74) is -1.54. The Bertz CT molecular complexity index is 1500. The van der Waals surface area contributed by atoms with E-state index >= 15 is 0 Å². The molecule has 2 heterocycles. The largest absolute Gasteiger partial charge is 0.496 e. The van der Waals surface area contributed by atoms with Crippen molar-refractivity contribution in [1.29, 1.82) is 0 Å². The van der Waals surface area contributed by atoms with Gasteiger partial charge < -0.3 is 33.0 Å². The summed E-state index contributed by atoms with van der Waals surface area (Å²) < 4.78 is 59.3. The van der Waals surface area contributed by atoms with Gasteiger partial charge in [-0.3, -0.25) is 4.79 Å². The summed E-state index contributed by atoms with van der Waals surface area (Å²) in [7, 11) is -0.111. The topological polar surface area (TPSA) is 127 Å². The third kappa shape index (κ3) is 3.91. The van der Waals surface area contributed by atoms with Gasteiger partial charge in [0.25, 0.3) is 0 Å². The van der Waals surface area contributed by atoms with Gasteiger partial charge in [0.05, 0.1) is 21.3 Å². The number of ether oxygens (including phenoxy) is 5. The van der Waals surface area contributed by atoms with Crippen LogP contribution in [0, 0.1) is 6.92 Å². The minimum atomic E-state index is -4.35. The molecule has 0 spiro atoms. The molecule has 0 unspecified atom stereocenters. The molecule has 5 rings (SSSR count). The molecule has 194 valence electrons. The summed E-state index contributed by atoms with van der Waals surface area (Å²) in [5.74, 6) is -0.209. The number of methoxy groups -OCH3 is 3. The van der Waals surface area contributed by atoms with Crippen LogP contribution in [0.3, 0.4) is 0 Å². The number of hydrogen-bond donors (Lipinski definition) is 1. The monoisotopic (exact) mass is 528 g/mol. The predicted molar refractivity (Wildman–Crippen MR) is 130 cm³/mol. The second kappa shape index (κ2) is 8.86. The zero-order valence-electron chi connectivity index (χ0n) is 20.4. The van der Waals surface area contributed by atoms with E-state index < -0.39 is 27.6 Å². The van der Waals surface area contributed by atoms with Gasteiger partial charge in [-0.2, -0.15) is 8.42 Å². The zero-order chi connectivity index (χ0) is 26.5. The number of aryl methyl sites for hydroxylation is 1. The molecule has 0 aliphatic carbocycles. The van der Waals surface area contributed by atoms with Crippen LogP contribution in [-0.2, 0) is 15.7 Å². The van der Waals surface area contributed by atoms with E-state index in [2.05, 4.69) is 0 Å². The van der Waals surface area contributed by atoms with Gasteiger partial charge in [0.15, 0.2) is 29.0 Å². The van der Waals surface area contributed by atoms with E-state index in [4.69, 9.17) is 27.9 Å². The first-order valence-electron chi connectivity index (χ1n) is 11.2. The maximum Gasteiger partial charge on any atom is 0.339 e. The van der Waals surface area contributed by atoms with Crippen molar-refractivity contribution in [2.24, 2.45) is 0 Å². The maximum absolute atomic E-state index is 14.0. The lowest BCUT2D eigenvalue weighted by atomic mass is 9.77. The molecule has 0 radical (unpaired) electrons. The van der Waals surface area contributed by atoms with Crippen LogP contribution < -0.4 is 27.9 Å². The van der Waals surface area contributed by atoms with Gasteiger partial charge in [-0.25, -0.2) is 0 Å². The minimum Gasteiger partial charge on any atom is -0.496 e. The summed E-state index contributed by atoms with van der Waals surface area (Å²) in [5, 5.41) is 11.9. The summed E-state index contributed by atoms with van der Waals surface area (Å²) in [6, 6.07) is 11.6. The van der Waals surface area contributed by atoms with Crippen molar-refractivity contribution in [2.75, 3.05) is 27.9 Å². The number of carbonyl (C=O) groups is 1. The predicted octanol–water partition coefficient (Wildman–Crippen LogP) is 3.01. The quantitative estimate of drug-likeness (QED) is 0.477. The van der Waals surface area contributed by atoms with Crippen LogP contribution in [0.15, 0.2) is 53.4 Å². The Morgan fingerprint density at radius 3 is 2.24 bits per heavy atom. The molecule has 0 amide bonds. The first-order valence-corrected chi connectivity index (χ1v) is 12.6. The summed E-state index contributed by atoms with van der Waals surface area (Å²) in [6.45, 7) is 1.65. The highest BCUT2D eigenvalue weighted by Gasteiger charge is 2.57. The highest BCUT2D eigenvalue weighted by atomic mass is 32.2. The van der Waals surface area contributed by atoms with Gasteiger partial charge in [0.1, 0.15) is 34.3 Å². The molecule has 0 fully saturated rings. The molecule has 10 nitrogen and oxygen atoms in total. The van der Waals surface area contributed by atoms with Gasteiger partial charge in [-0.15, -0.1) is 0 Å². The van der Waals surface area contributed by atoms with Crippen LogP contribution in [0.2, 0.25) is 0 Å². The summed E-state index contributed by atoms with van der Waals surface area (Å²) in [6.07, 6.45) is -1.15. The van der Waals surface area contributed by atoms with Crippen molar-refractivity contribution >= 4 is 15.9 Å². The smallest absolute Gasteiger partial charge is 0.339 e. The number of ketones is 1. The van der Waals surface area contributed by atoms with E-state index in [1.54, 1.807) is 12.1 Å². The number of benzene rings is 3. The third-order valence-electron chi connectivity index (χ3n) is 6.38. The molecule has 2 aliphatic rings. The average molecular weight is 529 g/mol. The molecule has 3 aromatic rings. The Hall–Kier alpha value is -3.96. The molecule has 37 heavy (non-hydrogen) atoms. The van der Waals surface area contributed by atoms with Crippen molar-refractivity contribution in [3.05, 3.63) is 65.2 Å². The van der Waals surface area contributed by atoms with Gasteiger partial charge in [-0.1, -0.05) is 17.7 Å². The van der Waals surface area contributed by atoms with Crippen LogP contribution in [0.4, 0.5) is 0 Å². The standard InChI is InChI=1S/C26H24O10S/c1-14-5-7-16(8-6-14)37(29,30)36-22-10-15(31-2)9-21-24(22)25(27)26(28)17-11-19(32-3)20(33-4)12-18(17)34-13-23(26)35-21/h5-12,23,28H,13H2,1-4H3/t23-,26-/m1/s1. The lowest BCUT2D eigenvalue weighted by molar-refractivity contribution is -0.0802. The average Bonchev–Trinajstić information content (AvgIpc) is 2.88. The highest BCUT2D eigenvalue weighted by Crippen LogP contribution is 2.51. The normalized spacial score (nSPS) is 19.9. The Morgan fingerprint density at radius 1 is 0.919 bits per heavy atom.